The van der Waals surface area contributed by atoms with Crippen LogP contribution >= 0.6 is 11.8 Å². The number of carbonyl (C=O) groups is 5. The Balaban J connectivity index is 0.000000539. The first-order chi connectivity index (χ1) is 32.2. The summed E-state index contributed by atoms with van der Waals surface area (Å²) >= 11 is 1.31. The molecule has 2 aromatic heterocycles. The second-order valence-corrected chi connectivity index (χ2v) is 16.6. The van der Waals surface area contributed by atoms with E-state index in [9.17, 15) is 46.3 Å². The Morgan fingerprint density at radius 1 is 0.750 bits per heavy atom. The zero-order valence-electron chi connectivity index (χ0n) is 37.3. The number of hydrogen-bond acceptors (Lipinski definition) is 10. The summed E-state index contributed by atoms with van der Waals surface area (Å²) in [4.78, 5) is 74.9. The molecule has 6 rings (SSSR count). The van der Waals surface area contributed by atoms with Crippen molar-refractivity contribution in [1.82, 2.24) is 29.1 Å². The van der Waals surface area contributed by atoms with E-state index < -0.39 is 35.6 Å². The maximum Gasteiger partial charge on any atom is 0.416 e. The number of aryl methyl sites for hydroxylation is 1. The first kappa shape index (κ1) is 53.7. The van der Waals surface area contributed by atoms with E-state index in [4.69, 9.17) is 20.4 Å². The Morgan fingerprint density at radius 3 is 1.74 bits per heavy atom. The van der Waals surface area contributed by atoms with E-state index in [1.807, 2.05) is 35.4 Å². The number of alkyl halides is 3. The Morgan fingerprint density at radius 2 is 1.26 bits per heavy atom. The molecule has 0 aliphatic carbocycles. The highest BCUT2D eigenvalue weighted by Crippen LogP contribution is 2.31. The van der Waals surface area contributed by atoms with Gasteiger partial charge in [0, 0.05) is 62.9 Å². The summed E-state index contributed by atoms with van der Waals surface area (Å²) in [5.41, 5.74) is 3.38. The number of rotatable bonds is 18. The Labute approximate surface area is 392 Å². The molecule has 4 N–H and O–H groups in total. The van der Waals surface area contributed by atoms with Crippen molar-refractivity contribution in [1.29, 1.82) is 0 Å². The second-order valence-electron chi connectivity index (χ2n) is 15.6. The monoisotopic (exact) mass is 968 g/mol. The zero-order valence-corrected chi connectivity index (χ0v) is 38.1. The van der Waals surface area contributed by atoms with Crippen molar-refractivity contribution in [3.05, 3.63) is 135 Å². The van der Waals surface area contributed by atoms with E-state index >= 15 is 0 Å². The number of benzene rings is 3. The highest BCUT2D eigenvalue weighted by atomic mass is 32.2. The maximum absolute atomic E-state index is 14.4. The number of piperidine rings is 1. The first-order valence-corrected chi connectivity index (χ1v) is 22.3. The molecule has 0 spiro atoms. The van der Waals surface area contributed by atoms with Crippen LogP contribution in [-0.4, -0.2) is 105 Å². The van der Waals surface area contributed by atoms with Crippen LogP contribution in [0, 0.1) is 5.82 Å². The highest BCUT2D eigenvalue weighted by molar-refractivity contribution is 7.98. The summed E-state index contributed by atoms with van der Waals surface area (Å²) in [5.74, 6) is -4.34. The van der Waals surface area contributed by atoms with Gasteiger partial charge in [0.1, 0.15) is 12.4 Å². The average Bonchev–Trinajstić information content (AvgIpc) is 3.72. The van der Waals surface area contributed by atoms with Gasteiger partial charge in [0.15, 0.2) is 5.16 Å². The van der Waals surface area contributed by atoms with Crippen molar-refractivity contribution in [3.63, 3.8) is 0 Å². The lowest BCUT2D eigenvalue weighted by Gasteiger charge is -2.38. The molecule has 0 radical (unpaired) electrons. The third kappa shape index (κ3) is 18.1. The van der Waals surface area contributed by atoms with E-state index in [1.165, 1.54) is 36.0 Å². The van der Waals surface area contributed by atoms with Crippen LogP contribution in [0.25, 0.3) is 11.1 Å². The number of aliphatic carboxylic acids is 4. The zero-order chi connectivity index (χ0) is 50.0. The SMILES string of the molecule is CCN1CCC(N(Cc2ccc(-c3ccc(C(F)(F)F)cc3)cc2)C(=O)Cn2cc(Cc3cnn(C)c3)c(=O)nc2SCc2ccc(F)cc2)CC1.O=C(O)CCC(=O)O.O=C(O)CCC(=O)O. The van der Waals surface area contributed by atoms with Gasteiger partial charge in [-0.2, -0.15) is 23.3 Å². The third-order valence-corrected chi connectivity index (χ3v) is 11.6. The molecule has 3 heterocycles. The lowest BCUT2D eigenvalue weighted by atomic mass is 10.00. The molecule has 0 saturated carbocycles. The Kier molecular flexibility index (Phi) is 20.5. The predicted octanol–water partition coefficient (Wildman–Crippen LogP) is 7.07. The molecule has 0 bridgehead atoms. The summed E-state index contributed by atoms with van der Waals surface area (Å²) in [6.45, 7) is 5.09. The number of amides is 1. The lowest BCUT2D eigenvalue weighted by Crippen LogP contribution is -2.48. The quantitative estimate of drug-likeness (QED) is 0.0392. The molecular formula is C47H52F4N6O10S. The van der Waals surface area contributed by atoms with Crippen molar-refractivity contribution in [2.75, 3.05) is 19.6 Å². The topological polar surface area (TPSA) is 225 Å². The van der Waals surface area contributed by atoms with E-state index in [2.05, 4.69) is 21.9 Å². The molecule has 68 heavy (non-hydrogen) atoms. The molecule has 364 valence electrons. The minimum absolute atomic E-state index is 0.0117. The van der Waals surface area contributed by atoms with Crippen LogP contribution in [0.1, 0.15) is 73.3 Å². The van der Waals surface area contributed by atoms with Crippen LogP contribution in [0.4, 0.5) is 17.6 Å². The summed E-state index contributed by atoms with van der Waals surface area (Å²) in [5, 5.41) is 36.2. The number of carbonyl (C=O) groups excluding carboxylic acids is 1. The van der Waals surface area contributed by atoms with E-state index in [0.717, 1.165) is 66.9 Å². The van der Waals surface area contributed by atoms with Gasteiger partial charge in [-0.15, -0.1) is 0 Å². The number of halogens is 4. The van der Waals surface area contributed by atoms with Gasteiger partial charge in [-0.1, -0.05) is 67.2 Å². The van der Waals surface area contributed by atoms with E-state index in [0.29, 0.717) is 35.0 Å². The summed E-state index contributed by atoms with van der Waals surface area (Å²) < 4.78 is 56.2. The number of nitrogens with zero attached hydrogens (tertiary/aromatic N) is 6. The van der Waals surface area contributed by atoms with Gasteiger partial charge in [-0.3, -0.25) is 33.4 Å². The summed E-state index contributed by atoms with van der Waals surface area (Å²) in [7, 11) is 1.80. The highest BCUT2D eigenvalue weighted by Gasteiger charge is 2.31. The fraction of sp³-hybridized carbons (Fsp3) is 0.362. The minimum Gasteiger partial charge on any atom is -0.481 e. The van der Waals surface area contributed by atoms with Gasteiger partial charge in [0.2, 0.25) is 5.91 Å². The number of carboxylic acids is 4. The predicted molar refractivity (Wildman–Crippen MR) is 242 cm³/mol. The molecule has 0 atom stereocenters. The molecule has 1 fully saturated rings. The van der Waals surface area contributed by atoms with Crippen LogP contribution in [0.2, 0.25) is 0 Å². The number of hydrogen-bond donors (Lipinski definition) is 4. The number of likely N-dealkylation sites (tertiary alicyclic amines) is 1. The van der Waals surface area contributed by atoms with Gasteiger partial charge in [-0.25, -0.2) is 4.39 Å². The van der Waals surface area contributed by atoms with Crippen LogP contribution in [0.15, 0.2) is 101 Å². The van der Waals surface area contributed by atoms with Gasteiger partial charge >= 0.3 is 30.1 Å². The fourth-order valence-corrected chi connectivity index (χ4v) is 7.78. The number of carboxylic acid groups (broad SMARTS) is 4. The minimum atomic E-state index is -4.40. The molecule has 1 saturated heterocycles. The van der Waals surface area contributed by atoms with Gasteiger partial charge in [-0.05, 0) is 71.5 Å². The molecule has 5 aromatic rings. The van der Waals surface area contributed by atoms with Crippen molar-refractivity contribution in [2.24, 2.45) is 7.05 Å². The molecule has 1 aliphatic rings. The smallest absolute Gasteiger partial charge is 0.416 e. The molecule has 0 unspecified atom stereocenters. The van der Waals surface area contributed by atoms with Crippen LogP contribution in [-0.2, 0) is 62.5 Å². The van der Waals surface area contributed by atoms with Crippen molar-refractivity contribution >= 4 is 41.5 Å². The van der Waals surface area contributed by atoms with Crippen LogP contribution < -0.4 is 5.56 Å². The van der Waals surface area contributed by atoms with E-state index in [1.54, 1.807) is 40.8 Å². The molecule has 1 aliphatic heterocycles. The molecule has 21 heteroatoms. The molecule has 1 amide bonds. The van der Waals surface area contributed by atoms with Gasteiger partial charge in [0.25, 0.3) is 5.56 Å². The maximum atomic E-state index is 14.4. The van der Waals surface area contributed by atoms with Crippen LogP contribution in [0.3, 0.4) is 0 Å². The van der Waals surface area contributed by atoms with Crippen LogP contribution in [0.5, 0.6) is 0 Å². The Hall–Kier alpha value is -6.87. The number of aromatic nitrogens is 4. The number of thioether (sulfide) groups is 1. The van der Waals surface area contributed by atoms with Gasteiger partial charge < -0.3 is 34.8 Å². The molecule has 3 aromatic carbocycles. The molecule has 16 nitrogen and oxygen atoms in total. The van der Waals surface area contributed by atoms with Crippen molar-refractivity contribution < 1.29 is 62.0 Å². The van der Waals surface area contributed by atoms with Crippen molar-refractivity contribution in [2.45, 2.75) is 88.1 Å². The van der Waals surface area contributed by atoms with Crippen molar-refractivity contribution in [3.8, 4) is 11.1 Å². The lowest BCUT2D eigenvalue weighted by molar-refractivity contribution is -0.143. The fourth-order valence-electron chi connectivity index (χ4n) is 6.87. The second kappa shape index (κ2) is 25.9. The van der Waals surface area contributed by atoms with E-state index in [-0.39, 0.29) is 55.6 Å². The summed E-state index contributed by atoms with van der Waals surface area (Å²) in [6, 6.07) is 18.7. The molecular weight excluding hydrogens is 917 g/mol. The Bertz CT molecular complexity index is 2470. The standard InChI is InChI=1S/C39H40F4N6O2S.2C4H6O4/c1-3-47-18-16-35(17-19-47)49(23-27-4-8-30(9-5-27)31-10-12-33(13-11-31)39(41,42)43)36(50)25-48-24-32(20-29-21-44-46(2)22-29)37(51)45-38(48)52-26-28-6-14-34(40)15-7-28;2*5-3(6)1-2-4(7)8/h4-15,21-22,24,35H,3,16-20,23,25-26H2,1-2H3;2*1-2H2,(H,5,6)(H,7,8). The largest absolute Gasteiger partial charge is 0.481 e. The normalized spacial score (nSPS) is 12.8. The summed E-state index contributed by atoms with van der Waals surface area (Å²) in [6.07, 6.45) is 1.58. The van der Waals surface area contributed by atoms with Gasteiger partial charge in [0.05, 0.1) is 37.4 Å². The third-order valence-electron chi connectivity index (χ3n) is 10.5. The average molecular weight is 969 g/mol. The first-order valence-electron chi connectivity index (χ1n) is 21.3.